The van der Waals surface area contributed by atoms with Crippen molar-refractivity contribution in [3.63, 3.8) is 0 Å². The summed E-state index contributed by atoms with van der Waals surface area (Å²) in [6.45, 7) is 1.98. The maximum atomic E-state index is 13.8. The summed E-state index contributed by atoms with van der Waals surface area (Å²) in [4.78, 5) is 7.56. The molecule has 0 aliphatic rings. The Morgan fingerprint density at radius 2 is 2.06 bits per heavy atom. The average Bonchev–Trinajstić information content (AvgIpc) is 2.74. The molecule has 2 aromatic carbocycles. The second-order valence-corrected chi connectivity index (χ2v) is 4.30. The van der Waals surface area contributed by atoms with E-state index in [-0.39, 0.29) is 5.82 Å². The van der Waals surface area contributed by atoms with Crippen LogP contribution < -0.4 is 5.73 Å². The number of nitrogens with zero attached hydrogens (tertiary/aromatic N) is 1. The van der Waals surface area contributed by atoms with E-state index >= 15 is 0 Å². The molecule has 3 N–H and O–H groups in total. The first-order chi connectivity index (χ1) is 8.65. The van der Waals surface area contributed by atoms with Gasteiger partial charge in [-0.15, -0.1) is 0 Å². The third-order valence-electron chi connectivity index (χ3n) is 2.96. The summed E-state index contributed by atoms with van der Waals surface area (Å²) >= 11 is 0. The van der Waals surface area contributed by atoms with Crippen molar-refractivity contribution in [3.05, 3.63) is 47.8 Å². The Balaban J connectivity index is 2.23. The Morgan fingerprint density at radius 3 is 2.78 bits per heavy atom. The summed E-state index contributed by atoms with van der Waals surface area (Å²) in [5, 5.41) is 0. The molecule has 4 heteroatoms. The van der Waals surface area contributed by atoms with E-state index in [1.807, 2.05) is 25.1 Å². The Kier molecular flexibility index (Phi) is 2.30. The number of aromatic nitrogens is 2. The number of nitrogens with one attached hydrogen (secondary N) is 1. The molecule has 1 aromatic heterocycles. The molecule has 3 rings (SSSR count). The molecule has 0 amide bonds. The van der Waals surface area contributed by atoms with Gasteiger partial charge in [0.1, 0.15) is 11.6 Å². The van der Waals surface area contributed by atoms with Crippen LogP contribution in [-0.4, -0.2) is 9.97 Å². The van der Waals surface area contributed by atoms with Gasteiger partial charge in [0.05, 0.1) is 16.6 Å². The van der Waals surface area contributed by atoms with E-state index in [1.54, 1.807) is 12.1 Å². The van der Waals surface area contributed by atoms with Crippen LogP contribution in [0, 0.1) is 12.7 Å². The number of H-pyrrole nitrogens is 1. The molecule has 0 saturated carbocycles. The van der Waals surface area contributed by atoms with Crippen LogP contribution in [0.1, 0.15) is 5.56 Å². The fraction of sp³-hybridized carbons (Fsp3) is 0.0714. The van der Waals surface area contributed by atoms with Gasteiger partial charge in [0.2, 0.25) is 0 Å². The van der Waals surface area contributed by atoms with Crippen molar-refractivity contribution in [1.29, 1.82) is 0 Å². The van der Waals surface area contributed by atoms with Crippen LogP contribution in [0.4, 0.5) is 10.1 Å². The van der Waals surface area contributed by atoms with Gasteiger partial charge in [-0.3, -0.25) is 0 Å². The van der Waals surface area contributed by atoms with Crippen LogP contribution in [0.5, 0.6) is 0 Å². The van der Waals surface area contributed by atoms with Gasteiger partial charge < -0.3 is 10.7 Å². The van der Waals surface area contributed by atoms with Gasteiger partial charge in [-0.2, -0.15) is 0 Å². The number of para-hydroxylation sites is 1. The summed E-state index contributed by atoms with van der Waals surface area (Å²) in [7, 11) is 0. The molecule has 90 valence electrons. The largest absolute Gasteiger partial charge is 0.399 e. The highest BCUT2D eigenvalue weighted by Crippen LogP contribution is 2.25. The topological polar surface area (TPSA) is 54.7 Å². The van der Waals surface area contributed by atoms with Crippen LogP contribution in [0.25, 0.3) is 22.4 Å². The monoisotopic (exact) mass is 241 g/mol. The number of rotatable bonds is 1. The number of fused-ring (bicyclic) bond motifs is 1. The standard InChI is InChI=1S/C14H12FN3/c1-8-3-2-4-12-13(8)18-14(17-12)10-6-5-9(16)7-11(10)15/h2-7H,16H2,1H3,(H,17,18). The number of benzene rings is 2. The van der Waals surface area contributed by atoms with Crippen molar-refractivity contribution in [2.45, 2.75) is 6.92 Å². The molecule has 0 spiro atoms. The molecule has 0 unspecified atom stereocenters. The second kappa shape index (κ2) is 3.84. The van der Waals surface area contributed by atoms with Crippen molar-refractivity contribution < 1.29 is 4.39 Å². The van der Waals surface area contributed by atoms with Crippen molar-refractivity contribution >= 4 is 16.7 Å². The molecule has 0 saturated heterocycles. The first-order valence-corrected chi connectivity index (χ1v) is 5.66. The van der Waals surface area contributed by atoms with Crippen molar-refractivity contribution in [2.75, 3.05) is 5.73 Å². The molecule has 18 heavy (non-hydrogen) atoms. The molecule has 3 nitrogen and oxygen atoms in total. The fourth-order valence-electron chi connectivity index (χ4n) is 2.03. The highest BCUT2D eigenvalue weighted by molar-refractivity contribution is 5.82. The lowest BCUT2D eigenvalue weighted by molar-refractivity contribution is 0.631. The molecule has 0 bridgehead atoms. The van der Waals surface area contributed by atoms with E-state index in [4.69, 9.17) is 5.73 Å². The lowest BCUT2D eigenvalue weighted by Gasteiger charge is -2.00. The Bertz CT molecular complexity index is 731. The van der Waals surface area contributed by atoms with Gasteiger partial charge in [-0.05, 0) is 36.8 Å². The number of nitrogens with two attached hydrogens (primary N) is 1. The molecule has 3 aromatic rings. The average molecular weight is 241 g/mol. The van der Waals surface area contributed by atoms with Crippen LogP contribution in [0.2, 0.25) is 0 Å². The first kappa shape index (κ1) is 10.8. The Labute approximate surface area is 103 Å². The summed E-state index contributed by atoms with van der Waals surface area (Å²) in [6.07, 6.45) is 0. The van der Waals surface area contributed by atoms with E-state index in [9.17, 15) is 4.39 Å². The summed E-state index contributed by atoms with van der Waals surface area (Å²) in [5.74, 6) is 0.156. The van der Waals surface area contributed by atoms with Crippen LogP contribution in [-0.2, 0) is 0 Å². The maximum Gasteiger partial charge on any atom is 0.141 e. The lowest BCUT2D eigenvalue weighted by atomic mass is 10.2. The minimum atomic E-state index is -0.369. The highest BCUT2D eigenvalue weighted by Gasteiger charge is 2.11. The number of anilines is 1. The van der Waals surface area contributed by atoms with E-state index in [1.165, 1.54) is 6.07 Å². The molecule has 0 aliphatic heterocycles. The van der Waals surface area contributed by atoms with Crippen molar-refractivity contribution in [2.24, 2.45) is 0 Å². The highest BCUT2D eigenvalue weighted by atomic mass is 19.1. The number of halogens is 1. The molecule has 0 atom stereocenters. The SMILES string of the molecule is Cc1cccc2[nH]c(-c3ccc(N)cc3F)nc12. The molecule has 0 aliphatic carbocycles. The smallest absolute Gasteiger partial charge is 0.141 e. The molecule has 1 heterocycles. The van der Waals surface area contributed by atoms with Gasteiger partial charge in [0, 0.05) is 5.69 Å². The van der Waals surface area contributed by atoms with Gasteiger partial charge in [-0.25, -0.2) is 9.37 Å². The second-order valence-electron chi connectivity index (χ2n) is 4.30. The number of nitrogen functional groups attached to an aromatic ring is 1. The van der Waals surface area contributed by atoms with Gasteiger partial charge in [-0.1, -0.05) is 12.1 Å². The minimum absolute atomic E-state index is 0.369. The van der Waals surface area contributed by atoms with E-state index in [2.05, 4.69) is 9.97 Å². The number of aromatic amines is 1. The van der Waals surface area contributed by atoms with E-state index in [0.29, 0.717) is 17.1 Å². The van der Waals surface area contributed by atoms with Crippen LogP contribution in [0.3, 0.4) is 0 Å². The predicted molar refractivity (Wildman–Crippen MR) is 70.6 cm³/mol. The normalized spacial score (nSPS) is 11.0. The maximum absolute atomic E-state index is 13.8. The van der Waals surface area contributed by atoms with Gasteiger partial charge >= 0.3 is 0 Å². The van der Waals surface area contributed by atoms with E-state index in [0.717, 1.165) is 16.6 Å². The Morgan fingerprint density at radius 1 is 1.22 bits per heavy atom. The number of hydrogen-bond donors (Lipinski definition) is 2. The third-order valence-corrected chi connectivity index (χ3v) is 2.96. The Hall–Kier alpha value is -2.36. The summed E-state index contributed by atoms with van der Waals surface area (Å²) in [6, 6.07) is 10.4. The molecule has 0 fully saturated rings. The fourth-order valence-corrected chi connectivity index (χ4v) is 2.03. The van der Waals surface area contributed by atoms with E-state index < -0.39 is 0 Å². The van der Waals surface area contributed by atoms with Crippen molar-refractivity contribution in [3.8, 4) is 11.4 Å². The van der Waals surface area contributed by atoms with Crippen molar-refractivity contribution in [1.82, 2.24) is 9.97 Å². The zero-order chi connectivity index (χ0) is 12.7. The molecule has 0 radical (unpaired) electrons. The first-order valence-electron chi connectivity index (χ1n) is 5.66. The van der Waals surface area contributed by atoms with Crippen LogP contribution >= 0.6 is 0 Å². The number of hydrogen-bond acceptors (Lipinski definition) is 2. The zero-order valence-electron chi connectivity index (χ0n) is 9.87. The predicted octanol–water partition coefficient (Wildman–Crippen LogP) is 3.26. The lowest BCUT2D eigenvalue weighted by Crippen LogP contribution is -1.90. The van der Waals surface area contributed by atoms with Gasteiger partial charge in [0.15, 0.2) is 0 Å². The van der Waals surface area contributed by atoms with Crippen LogP contribution in [0.15, 0.2) is 36.4 Å². The third kappa shape index (κ3) is 1.62. The quantitative estimate of drug-likeness (QED) is 0.642. The zero-order valence-corrected chi connectivity index (χ0v) is 9.87. The number of aryl methyl sites for hydroxylation is 1. The summed E-state index contributed by atoms with van der Waals surface area (Å²) < 4.78 is 13.8. The molecular weight excluding hydrogens is 229 g/mol. The number of imidazole rings is 1. The minimum Gasteiger partial charge on any atom is -0.399 e. The molecular formula is C14H12FN3. The van der Waals surface area contributed by atoms with Gasteiger partial charge in [0.25, 0.3) is 0 Å². The summed E-state index contributed by atoms with van der Waals surface area (Å²) in [5.41, 5.74) is 9.20.